The molecule has 1 atom stereocenters. The summed E-state index contributed by atoms with van der Waals surface area (Å²) < 4.78 is 1.84. The van der Waals surface area contributed by atoms with Crippen molar-refractivity contribution in [2.45, 2.75) is 45.8 Å². The lowest BCUT2D eigenvalue weighted by atomic mass is 9.74. The number of aromatic nitrogens is 4. The zero-order chi connectivity index (χ0) is 20.4. The molecule has 3 aromatic rings. The van der Waals surface area contributed by atoms with Crippen molar-refractivity contribution in [3.05, 3.63) is 71.3 Å². The van der Waals surface area contributed by atoms with Gasteiger partial charge in [-0.15, -0.1) is 0 Å². The van der Waals surface area contributed by atoms with Gasteiger partial charge in [0.05, 0.1) is 11.9 Å². The van der Waals surface area contributed by atoms with Crippen LogP contribution in [0.2, 0.25) is 0 Å². The first kappa shape index (κ1) is 19.6. The van der Waals surface area contributed by atoms with Crippen molar-refractivity contribution in [2.75, 3.05) is 11.9 Å². The first-order valence-corrected chi connectivity index (χ1v) is 10.2. The number of anilines is 1. The summed E-state index contributed by atoms with van der Waals surface area (Å²) in [4.78, 5) is 11.8. The summed E-state index contributed by atoms with van der Waals surface area (Å²) in [7, 11) is 4.00. The molecule has 0 fully saturated rings. The van der Waals surface area contributed by atoms with E-state index in [0.29, 0.717) is 0 Å². The van der Waals surface area contributed by atoms with E-state index in [1.807, 2.05) is 30.2 Å². The Morgan fingerprint density at radius 2 is 1.97 bits per heavy atom. The molecule has 2 heterocycles. The van der Waals surface area contributed by atoms with Gasteiger partial charge in [-0.3, -0.25) is 4.68 Å². The van der Waals surface area contributed by atoms with E-state index in [1.54, 1.807) is 0 Å². The molecule has 0 amide bonds. The summed E-state index contributed by atoms with van der Waals surface area (Å²) in [6.45, 7) is 6.24. The molecule has 1 aliphatic carbocycles. The van der Waals surface area contributed by atoms with Gasteiger partial charge in [0.25, 0.3) is 0 Å². The topological polar surface area (TPSA) is 58.9 Å². The molecule has 6 nitrogen and oxygen atoms in total. The second-order valence-electron chi connectivity index (χ2n) is 8.91. The zero-order valence-electron chi connectivity index (χ0n) is 17.8. The molecule has 0 saturated heterocycles. The quantitative estimate of drug-likeness (QED) is 0.696. The van der Waals surface area contributed by atoms with Gasteiger partial charge in [-0.1, -0.05) is 44.2 Å². The molecule has 152 valence electrons. The van der Waals surface area contributed by atoms with Crippen LogP contribution < -0.4 is 10.2 Å². The van der Waals surface area contributed by atoms with Gasteiger partial charge in [0.15, 0.2) is 0 Å². The highest BCUT2D eigenvalue weighted by atomic mass is 15.2. The maximum Gasteiger partial charge on any atom is 0.225 e. The van der Waals surface area contributed by atoms with E-state index in [-0.39, 0.29) is 11.5 Å². The molecule has 1 N–H and O–H groups in total. The van der Waals surface area contributed by atoms with E-state index >= 15 is 0 Å². The van der Waals surface area contributed by atoms with Crippen LogP contribution in [0.15, 0.2) is 48.9 Å². The fourth-order valence-corrected chi connectivity index (χ4v) is 4.13. The summed E-state index contributed by atoms with van der Waals surface area (Å²) in [5, 5.41) is 7.97. The van der Waals surface area contributed by atoms with Gasteiger partial charge in [-0.05, 0) is 23.8 Å². The van der Waals surface area contributed by atoms with Crippen LogP contribution in [-0.4, -0.2) is 26.8 Å². The number of aryl methyl sites for hydroxylation is 1. The highest BCUT2D eigenvalue weighted by molar-refractivity contribution is 5.37. The Balaban J connectivity index is 1.53. The summed E-state index contributed by atoms with van der Waals surface area (Å²) in [6, 6.07) is 10.7. The predicted octanol–water partition coefficient (Wildman–Crippen LogP) is 3.65. The number of nitrogens with zero attached hydrogens (tertiary/aromatic N) is 5. The predicted molar refractivity (Wildman–Crippen MR) is 115 cm³/mol. The van der Waals surface area contributed by atoms with E-state index in [2.05, 4.69) is 66.7 Å². The summed E-state index contributed by atoms with van der Waals surface area (Å²) >= 11 is 0. The third kappa shape index (κ3) is 4.65. The van der Waals surface area contributed by atoms with Crippen molar-refractivity contribution in [1.82, 2.24) is 25.1 Å². The van der Waals surface area contributed by atoms with Crippen LogP contribution in [0.5, 0.6) is 0 Å². The molecule has 1 unspecified atom stereocenters. The van der Waals surface area contributed by atoms with E-state index in [1.165, 1.54) is 16.7 Å². The summed E-state index contributed by atoms with van der Waals surface area (Å²) in [5.74, 6) is 0.788. The lowest BCUT2D eigenvalue weighted by molar-refractivity contribution is 0.252. The van der Waals surface area contributed by atoms with Crippen LogP contribution in [0.1, 0.15) is 48.7 Å². The highest BCUT2D eigenvalue weighted by Crippen LogP contribution is 2.40. The first-order valence-electron chi connectivity index (χ1n) is 10.2. The average Bonchev–Trinajstić information content (AvgIpc) is 3.11. The van der Waals surface area contributed by atoms with Crippen LogP contribution in [0.4, 0.5) is 5.95 Å². The van der Waals surface area contributed by atoms with Crippen molar-refractivity contribution < 1.29 is 0 Å². The fraction of sp³-hybridized carbons (Fsp3) is 0.435. The van der Waals surface area contributed by atoms with Crippen LogP contribution in [0, 0.1) is 5.41 Å². The fourth-order valence-electron chi connectivity index (χ4n) is 4.13. The molecule has 6 heteroatoms. The molecular weight excluding hydrogens is 360 g/mol. The minimum atomic E-state index is 0.198. The molecule has 0 radical (unpaired) electrons. The lowest BCUT2D eigenvalue weighted by Gasteiger charge is -2.37. The normalized spacial score (nSPS) is 17.7. The van der Waals surface area contributed by atoms with E-state index in [9.17, 15) is 0 Å². The molecule has 0 spiro atoms. The number of hydrogen-bond acceptors (Lipinski definition) is 5. The SMILES string of the molecule is CN(Cc1ccccc1)c1ncc2c(n1)CC(C)(C)CC2NCc1cnn(C)c1. The highest BCUT2D eigenvalue weighted by Gasteiger charge is 2.33. The van der Waals surface area contributed by atoms with Crippen LogP contribution >= 0.6 is 0 Å². The largest absolute Gasteiger partial charge is 0.340 e. The van der Waals surface area contributed by atoms with Crippen molar-refractivity contribution in [3.8, 4) is 0 Å². The minimum absolute atomic E-state index is 0.198. The Kier molecular flexibility index (Phi) is 5.37. The maximum atomic E-state index is 4.97. The molecule has 29 heavy (non-hydrogen) atoms. The minimum Gasteiger partial charge on any atom is -0.340 e. The standard InChI is InChI=1S/C23H30N6/c1-23(2)10-20(24-12-18-13-26-29(4)16-18)19-14-25-22(27-21(19)11-23)28(3)15-17-8-6-5-7-9-17/h5-9,13-14,16,20,24H,10-12,15H2,1-4H3. The molecule has 2 aromatic heterocycles. The Morgan fingerprint density at radius 1 is 1.17 bits per heavy atom. The zero-order valence-corrected chi connectivity index (χ0v) is 17.8. The molecule has 1 aromatic carbocycles. The van der Waals surface area contributed by atoms with Gasteiger partial charge in [0.1, 0.15) is 0 Å². The third-order valence-corrected chi connectivity index (χ3v) is 5.58. The van der Waals surface area contributed by atoms with Crippen molar-refractivity contribution in [3.63, 3.8) is 0 Å². The Labute approximate surface area is 173 Å². The van der Waals surface area contributed by atoms with E-state index in [0.717, 1.165) is 37.6 Å². The molecule has 4 rings (SSSR count). The second-order valence-corrected chi connectivity index (χ2v) is 8.91. The number of benzene rings is 1. The van der Waals surface area contributed by atoms with Crippen molar-refractivity contribution in [2.24, 2.45) is 12.5 Å². The second kappa shape index (κ2) is 7.95. The molecule has 0 saturated carbocycles. The van der Waals surface area contributed by atoms with Gasteiger partial charge >= 0.3 is 0 Å². The van der Waals surface area contributed by atoms with Crippen molar-refractivity contribution >= 4 is 5.95 Å². The number of hydrogen-bond donors (Lipinski definition) is 1. The van der Waals surface area contributed by atoms with Gasteiger partial charge in [0.2, 0.25) is 5.95 Å². The third-order valence-electron chi connectivity index (χ3n) is 5.58. The van der Waals surface area contributed by atoms with Crippen LogP contribution in [0.3, 0.4) is 0 Å². The molecule has 0 bridgehead atoms. The number of nitrogens with one attached hydrogen (secondary N) is 1. The Morgan fingerprint density at radius 3 is 2.69 bits per heavy atom. The van der Waals surface area contributed by atoms with Gasteiger partial charge in [-0.25, -0.2) is 9.97 Å². The van der Waals surface area contributed by atoms with Crippen LogP contribution in [-0.2, 0) is 26.6 Å². The Hall–Kier alpha value is -2.73. The number of fused-ring (bicyclic) bond motifs is 1. The summed E-state index contributed by atoms with van der Waals surface area (Å²) in [5.41, 5.74) is 5.04. The maximum absolute atomic E-state index is 4.97. The summed E-state index contributed by atoms with van der Waals surface area (Å²) in [6.07, 6.45) is 8.04. The Bertz CT molecular complexity index is 963. The lowest BCUT2D eigenvalue weighted by Crippen LogP contribution is -2.34. The molecule has 1 aliphatic rings. The van der Waals surface area contributed by atoms with Crippen LogP contribution in [0.25, 0.3) is 0 Å². The van der Waals surface area contributed by atoms with Gasteiger partial charge in [-0.2, -0.15) is 5.10 Å². The smallest absolute Gasteiger partial charge is 0.225 e. The molecular formula is C23H30N6. The monoisotopic (exact) mass is 390 g/mol. The average molecular weight is 391 g/mol. The van der Waals surface area contributed by atoms with Crippen molar-refractivity contribution in [1.29, 1.82) is 0 Å². The van der Waals surface area contributed by atoms with E-state index < -0.39 is 0 Å². The first-order chi connectivity index (χ1) is 13.9. The molecule has 0 aliphatic heterocycles. The van der Waals surface area contributed by atoms with Gasteiger partial charge < -0.3 is 10.2 Å². The van der Waals surface area contributed by atoms with Gasteiger partial charge in [0, 0.05) is 56.7 Å². The number of rotatable bonds is 6. The van der Waals surface area contributed by atoms with E-state index in [4.69, 9.17) is 9.97 Å².